The SMILES string of the molecule is CCC(C(=O)NC1CCCC1)N(Cc1ccc(Cl)c(Cl)c1)C(=O)COc1ccc(Br)cc1. The van der Waals surface area contributed by atoms with Crippen LogP contribution in [0.15, 0.2) is 46.9 Å². The Balaban J connectivity index is 1.77. The Kier molecular flexibility index (Phi) is 9.26. The van der Waals surface area contributed by atoms with Gasteiger partial charge in [-0.25, -0.2) is 0 Å². The number of carbonyl (C=O) groups excluding carboxylic acids is 2. The lowest BCUT2D eigenvalue weighted by Crippen LogP contribution is -2.52. The average molecular weight is 542 g/mol. The first-order valence-corrected chi connectivity index (χ1v) is 12.3. The van der Waals surface area contributed by atoms with Crippen LogP contribution in [0.25, 0.3) is 0 Å². The first-order valence-electron chi connectivity index (χ1n) is 10.8. The van der Waals surface area contributed by atoms with Gasteiger partial charge in [-0.3, -0.25) is 9.59 Å². The molecule has 1 saturated carbocycles. The van der Waals surface area contributed by atoms with Crippen LogP contribution in [0.1, 0.15) is 44.6 Å². The molecule has 1 aliphatic rings. The number of rotatable bonds is 9. The molecule has 0 spiro atoms. The number of benzene rings is 2. The molecule has 1 aliphatic carbocycles. The third kappa shape index (κ3) is 6.87. The predicted molar refractivity (Wildman–Crippen MR) is 131 cm³/mol. The van der Waals surface area contributed by atoms with E-state index in [2.05, 4.69) is 21.2 Å². The van der Waals surface area contributed by atoms with Crippen LogP contribution in [0.3, 0.4) is 0 Å². The van der Waals surface area contributed by atoms with Crippen LogP contribution in [0, 0.1) is 0 Å². The maximum atomic E-state index is 13.2. The first kappa shape index (κ1) is 24.9. The zero-order chi connectivity index (χ0) is 23.1. The minimum absolute atomic E-state index is 0.128. The maximum absolute atomic E-state index is 13.2. The zero-order valence-electron chi connectivity index (χ0n) is 18.0. The monoisotopic (exact) mass is 540 g/mol. The summed E-state index contributed by atoms with van der Waals surface area (Å²) in [5, 5.41) is 3.98. The fourth-order valence-electron chi connectivity index (χ4n) is 3.88. The van der Waals surface area contributed by atoms with Crippen molar-refractivity contribution in [1.29, 1.82) is 0 Å². The highest BCUT2D eigenvalue weighted by Gasteiger charge is 2.31. The van der Waals surface area contributed by atoms with Gasteiger partial charge in [0.15, 0.2) is 6.61 Å². The maximum Gasteiger partial charge on any atom is 0.261 e. The van der Waals surface area contributed by atoms with E-state index in [1.807, 2.05) is 25.1 Å². The van der Waals surface area contributed by atoms with Gasteiger partial charge in [-0.05, 0) is 61.2 Å². The molecule has 32 heavy (non-hydrogen) atoms. The Morgan fingerprint density at radius 2 is 1.81 bits per heavy atom. The van der Waals surface area contributed by atoms with Crippen molar-refractivity contribution in [2.45, 2.75) is 57.7 Å². The molecule has 0 aromatic heterocycles. The van der Waals surface area contributed by atoms with Crippen LogP contribution >= 0.6 is 39.1 Å². The van der Waals surface area contributed by atoms with E-state index in [1.165, 1.54) is 0 Å². The second kappa shape index (κ2) is 11.9. The molecule has 2 aromatic carbocycles. The van der Waals surface area contributed by atoms with Crippen molar-refractivity contribution in [2.24, 2.45) is 0 Å². The van der Waals surface area contributed by atoms with Gasteiger partial charge in [0.25, 0.3) is 5.91 Å². The Hall–Kier alpha value is -1.76. The molecule has 1 unspecified atom stereocenters. The van der Waals surface area contributed by atoms with Crippen molar-refractivity contribution in [3.63, 3.8) is 0 Å². The van der Waals surface area contributed by atoms with Crippen LogP contribution in [-0.4, -0.2) is 35.4 Å². The molecule has 172 valence electrons. The number of amides is 2. The van der Waals surface area contributed by atoms with Gasteiger partial charge < -0.3 is 15.0 Å². The number of hydrogen-bond donors (Lipinski definition) is 1. The molecule has 0 radical (unpaired) electrons. The Morgan fingerprint density at radius 1 is 1.12 bits per heavy atom. The molecule has 0 bridgehead atoms. The van der Waals surface area contributed by atoms with Crippen LogP contribution in [-0.2, 0) is 16.1 Å². The quantitative estimate of drug-likeness (QED) is 0.423. The minimum Gasteiger partial charge on any atom is -0.484 e. The molecule has 5 nitrogen and oxygen atoms in total. The summed E-state index contributed by atoms with van der Waals surface area (Å²) in [6.45, 7) is 1.97. The highest BCUT2D eigenvalue weighted by molar-refractivity contribution is 9.10. The second-order valence-corrected chi connectivity index (χ2v) is 9.66. The second-order valence-electron chi connectivity index (χ2n) is 7.93. The third-order valence-corrected chi connectivity index (χ3v) is 6.87. The molecule has 0 saturated heterocycles. The van der Waals surface area contributed by atoms with Crippen LogP contribution in [0.5, 0.6) is 5.75 Å². The fraction of sp³-hybridized carbons (Fsp3) is 0.417. The Labute approximate surface area is 207 Å². The van der Waals surface area contributed by atoms with Crippen molar-refractivity contribution < 1.29 is 14.3 Å². The van der Waals surface area contributed by atoms with Crippen LogP contribution < -0.4 is 10.1 Å². The van der Waals surface area contributed by atoms with Gasteiger partial charge in [0, 0.05) is 17.1 Å². The molecule has 2 amide bonds. The van der Waals surface area contributed by atoms with Crippen LogP contribution in [0.4, 0.5) is 0 Å². The Bertz CT molecular complexity index is 933. The standard InChI is InChI=1S/C24H27BrCl2N2O3/c1-2-22(24(31)28-18-5-3-4-6-18)29(14-16-7-12-20(26)21(27)13-16)23(30)15-32-19-10-8-17(25)9-11-19/h7-13,18,22H,2-6,14-15H2,1H3,(H,28,31). The number of carbonyl (C=O) groups is 2. The summed E-state index contributed by atoms with van der Waals surface area (Å²) in [7, 11) is 0. The van der Waals surface area contributed by atoms with E-state index in [-0.39, 0.29) is 31.0 Å². The third-order valence-electron chi connectivity index (χ3n) is 5.60. The number of nitrogens with one attached hydrogen (secondary N) is 1. The highest BCUT2D eigenvalue weighted by Crippen LogP contribution is 2.25. The van der Waals surface area contributed by atoms with Gasteiger partial charge in [0.05, 0.1) is 10.0 Å². The van der Waals surface area contributed by atoms with E-state index in [9.17, 15) is 9.59 Å². The summed E-state index contributed by atoms with van der Waals surface area (Å²) in [6.07, 6.45) is 4.69. The van der Waals surface area contributed by atoms with E-state index in [1.54, 1.807) is 29.2 Å². The van der Waals surface area contributed by atoms with E-state index < -0.39 is 6.04 Å². The number of ether oxygens (including phenoxy) is 1. The normalized spacial score (nSPS) is 14.8. The summed E-state index contributed by atoms with van der Waals surface area (Å²) in [4.78, 5) is 27.9. The summed E-state index contributed by atoms with van der Waals surface area (Å²) < 4.78 is 6.62. The number of hydrogen-bond acceptors (Lipinski definition) is 3. The molecule has 0 aliphatic heterocycles. The van der Waals surface area contributed by atoms with Crippen molar-refractivity contribution in [2.75, 3.05) is 6.61 Å². The van der Waals surface area contributed by atoms with Gasteiger partial charge >= 0.3 is 0 Å². The average Bonchev–Trinajstić information content (AvgIpc) is 3.28. The lowest BCUT2D eigenvalue weighted by atomic mass is 10.1. The smallest absolute Gasteiger partial charge is 0.261 e. The molecule has 1 N–H and O–H groups in total. The van der Waals surface area contributed by atoms with Gasteiger partial charge in [-0.2, -0.15) is 0 Å². The summed E-state index contributed by atoms with van der Waals surface area (Å²) >= 11 is 15.6. The lowest BCUT2D eigenvalue weighted by Gasteiger charge is -2.31. The van der Waals surface area contributed by atoms with Gasteiger partial charge in [-0.15, -0.1) is 0 Å². The summed E-state index contributed by atoms with van der Waals surface area (Å²) in [6, 6.07) is 12.1. The van der Waals surface area contributed by atoms with E-state index in [4.69, 9.17) is 27.9 Å². The molecule has 3 rings (SSSR count). The molecular formula is C24H27BrCl2N2O3. The van der Waals surface area contributed by atoms with Crippen molar-refractivity contribution in [3.05, 3.63) is 62.5 Å². The van der Waals surface area contributed by atoms with Gasteiger partial charge in [0.1, 0.15) is 11.8 Å². The molecule has 1 fully saturated rings. The van der Waals surface area contributed by atoms with Crippen molar-refractivity contribution in [1.82, 2.24) is 10.2 Å². The number of halogens is 3. The van der Waals surface area contributed by atoms with E-state index in [0.717, 1.165) is 35.7 Å². The summed E-state index contributed by atoms with van der Waals surface area (Å²) in [5.41, 5.74) is 0.795. The van der Waals surface area contributed by atoms with Crippen LogP contribution in [0.2, 0.25) is 10.0 Å². The lowest BCUT2D eigenvalue weighted by molar-refractivity contribution is -0.143. The number of nitrogens with zero attached hydrogens (tertiary/aromatic N) is 1. The zero-order valence-corrected chi connectivity index (χ0v) is 21.0. The molecule has 1 atom stereocenters. The summed E-state index contributed by atoms with van der Waals surface area (Å²) in [5.74, 6) is 0.184. The first-order chi connectivity index (χ1) is 15.4. The minimum atomic E-state index is -0.605. The van der Waals surface area contributed by atoms with Crippen molar-refractivity contribution in [3.8, 4) is 5.75 Å². The van der Waals surface area contributed by atoms with Gasteiger partial charge in [-0.1, -0.05) is 65.0 Å². The molecule has 0 heterocycles. The fourth-order valence-corrected chi connectivity index (χ4v) is 4.47. The molecule has 2 aromatic rings. The van der Waals surface area contributed by atoms with E-state index >= 15 is 0 Å². The Morgan fingerprint density at radius 3 is 2.44 bits per heavy atom. The van der Waals surface area contributed by atoms with Crippen molar-refractivity contribution >= 4 is 50.9 Å². The largest absolute Gasteiger partial charge is 0.484 e. The van der Waals surface area contributed by atoms with E-state index in [0.29, 0.717) is 22.2 Å². The van der Waals surface area contributed by atoms with Gasteiger partial charge in [0.2, 0.25) is 5.91 Å². The predicted octanol–water partition coefficient (Wildman–Crippen LogP) is 6.00. The highest BCUT2D eigenvalue weighted by atomic mass is 79.9. The molecule has 8 heteroatoms. The topological polar surface area (TPSA) is 58.6 Å². The molecular weight excluding hydrogens is 515 g/mol.